The number of hydrogen-bond acceptors (Lipinski definition) is 3. The second-order valence-corrected chi connectivity index (χ2v) is 8.44. The molecule has 1 atom stereocenters. The summed E-state index contributed by atoms with van der Waals surface area (Å²) in [7, 11) is 0. The molecule has 4 aromatic rings. The molecule has 0 spiro atoms. The third-order valence-electron chi connectivity index (χ3n) is 5.85. The first-order valence-electron chi connectivity index (χ1n) is 10.9. The quantitative estimate of drug-likeness (QED) is 0.344. The third kappa shape index (κ3) is 4.21. The molecular weight excluding hydrogens is 422 g/mol. The number of ether oxygens (including phenoxy) is 1. The molecule has 0 radical (unpaired) electrons. The van der Waals surface area contributed by atoms with Crippen LogP contribution in [0, 0.1) is 0 Å². The van der Waals surface area contributed by atoms with Crippen LogP contribution in [0.2, 0.25) is 5.02 Å². The van der Waals surface area contributed by atoms with Crippen LogP contribution in [0.4, 0.5) is 5.69 Å². The second kappa shape index (κ2) is 9.05. The van der Waals surface area contributed by atoms with Gasteiger partial charge in [-0.25, -0.2) is 4.98 Å². The minimum absolute atomic E-state index is 0.0422. The summed E-state index contributed by atoms with van der Waals surface area (Å²) in [6.45, 7) is 2.02. The number of benzene rings is 3. The van der Waals surface area contributed by atoms with Gasteiger partial charge >= 0.3 is 0 Å². The Labute approximate surface area is 192 Å². The van der Waals surface area contributed by atoms with Crippen molar-refractivity contribution in [3.05, 3.63) is 89.7 Å². The van der Waals surface area contributed by atoms with E-state index in [4.69, 9.17) is 21.3 Å². The summed E-state index contributed by atoms with van der Waals surface area (Å²) in [5.41, 5.74) is 2.93. The van der Waals surface area contributed by atoms with Gasteiger partial charge in [0.2, 0.25) is 5.91 Å². The van der Waals surface area contributed by atoms with E-state index in [1.807, 2.05) is 77.7 Å². The minimum Gasteiger partial charge on any atom is -0.494 e. The normalized spacial score (nSPS) is 16.1. The molecule has 1 saturated heterocycles. The Bertz CT molecular complexity index is 1220. The van der Waals surface area contributed by atoms with Gasteiger partial charge in [-0.2, -0.15) is 0 Å². The molecule has 1 aliphatic rings. The van der Waals surface area contributed by atoms with Crippen LogP contribution < -0.4 is 9.64 Å². The smallest absolute Gasteiger partial charge is 0.227 e. The number of aromatic nitrogens is 2. The van der Waals surface area contributed by atoms with Crippen LogP contribution in [0.3, 0.4) is 0 Å². The maximum absolute atomic E-state index is 12.8. The number of aryl methyl sites for hydroxylation is 1. The number of rotatable bonds is 7. The lowest BCUT2D eigenvalue weighted by Gasteiger charge is -2.17. The van der Waals surface area contributed by atoms with Crippen molar-refractivity contribution in [1.29, 1.82) is 0 Å². The average Bonchev–Trinajstić information content (AvgIpc) is 3.38. The van der Waals surface area contributed by atoms with Gasteiger partial charge in [-0.15, -0.1) is 0 Å². The van der Waals surface area contributed by atoms with Gasteiger partial charge in [0.05, 0.1) is 17.6 Å². The fourth-order valence-electron chi connectivity index (χ4n) is 4.32. The molecule has 2 heterocycles. The van der Waals surface area contributed by atoms with Gasteiger partial charge in [0.25, 0.3) is 0 Å². The van der Waals surface area contributed by atoms with E-state index in [2.05, 4.69) is 10.6 Å². The molecule has 5 nitrogen and oxygen atoms in total. The second-order valence-electron chi connectivity index (χ2n) is 8.01. The molecule has 162 valence electrons. The van der Waals surface area contributed by atoms with Crippen LogP contribution in [-0.4, -0.2) is 28.6 Å². The number of imidazole rings is 1. The minimum atomic E-state index is 0.0422. The monoisotopic (exact) mass is 445 g/mol. The third-order valence-corrected chi connectivity index (χ3v) is 6.10. The summed E-state index contributed by atoms with van der Waals surface area (Å²) in [6, 6.07) is 25.4. The molecule has 0 saturated carbocycles. The van der Waals surface area contributed by atoms with Crippen LogP contribution in [0.5, 0.6) is 5.75 Å². The molecule has 3 aromatic carbocycles. The highest BCUT2D eigenvalue weighted by molar-refractivity contribution is 6.30. The van der Waals surface area contributed by atoms with Gasteiger partial charge in [0, 0.05) is 36.1 Å². The van der Waals surface area contributed by atoms with E-state index in [-0.39, 0.29) is 11.8 Å². The van der Waals surface area contributed by atoms with E-state index in [9.17, 15) is 4.79 Å². The van der Waals surface area contributed by atoms with Crippen molar-refractivity contribution >= 4 is 34.2 Å². The Kier molecular flexibility index (Phi) is 5.82. The van der Waals surface area contributed by atoms with E-state index < -0.39 is 0 Å². The van der Waals surface area contributed by atoms with Gasteiger partial charge in [0.15, 0.2) is 0 Å². The predicted octanol–water partition coefficient (Wildman–Crippen LogP) is 5.68. The Balaban J connectivity index is 1.35. The van der Waals surface area contributed by atoms with Crippen LogP contribution >= 0.6 is 11.6 Å². The number of carbonyl (C=O) groups excluding carboxylic acids is 1. The lowest BCUT2D eigenvalue weighted by atomic mass is 10.1. The average molecular weight is 446 g/mol. The van der Waals surface area contributed by atoms with E-state index in [1.54, 1.807) is 0 Å². The van der Waals surface area contributed by atoms with E-state index in [0.29, 0.717) is 24.6 Å². The molecule has 0 N–H and O–H groups in total. The van der Waals surface area contributed by atoms with E-state index in [1.165, 1.54) is 0 Å². The Hall–Kier alpha value is -3.31. The number of nitrogens with zero attached hydrogens (tertiary/aromatic N) is 3. The van der Waals surface area contributed by atoms with Gasteiger partial charge in [-0.05, 0) is 55.0 Å². The molecule has 32 heavy (non-hydrogen) atoms. The first-order chi connectivity index (χ1) is 15.7. The summed E-state index contributed by atoms with van der Waals surface area (Å²) >= 11 is 6.02. The Morgan fingerprint density at radius 1 is 0.969 bits per heavy atom. The molecule has 1 aliphatic heterocycles. The lowest BCUT2D eigenvalue weighted by molar-refractivity contribution is -0.117. The summed E-state index contributed by atoms with van der Waals surface area (Å²) < 4.78 is 8.13. The first-order valence-corrected chi connectivity index (χ1v) is 11.3. The van der Waals surface area contributed by atoms with Crippen molar-refractivity contribution in [1.82, 2.24) is 9.55 Å². The molecule has 6 heteroatoms. The maximum atomic E-state index is 12.8. The summed E-state index contributed by atoms with van der Waals surface area (Å²) in [5, 5.41) is 0.663. The van der Waals surface area contributed by atoms with E-state index in [0.717, 1.165) is 41.3 Å². The van der Waals surface area contributed by atoms with Crippen molar-refractivity contribution in [2.45, 2.75) is 25.3 Å². The number of carbonyl (C=O) groups is 1. The molecule has 1 unspecified atom stereocenters. The van der Waals surface area contributed by atoms with Crippen LogP contribution in [0.25, 0.3) is 11.0 Å². The first kappa shape index (κ1) is 20.6. The van der Waals surface area contributed by atoms with Crippen LogP contribution in [-0.2, 0) is 11.3 Å². The highest BCUT2D eigenvalue weighted by Gasteiger charge is 2.34. The molecule has 1 aromatic heterocycles. The fourth-order valence-corrected chi connectivity index (χ4v) is 4.45. The molecule has 1 amide bonds. The number of halogens is 1. The standard InChI is InChI=1S/C26H24ClN3O2/c27-20-11-13-21(14-12-20)30-18-19(17-25(30)31)26-28-23-9-4-5-10-24(23)29(26)15-6-16-32-22-7-2-1-3-8-22/h1-5,7-14,19H,6,15-18H2. The Morgan fingerprint density at radius 3 is 2.53 bits per heavy atom. The van der Waals surface area contributed by atoms with Gasteiger partial charge in [-0.3, -0.25) is 4.79 Å². The van der Waals surface area contributed by atoms with Crippen molar-refractivity contribution in [2.75, 3.05) is 18.1 Å². The molecule has 0 aliphatic carbocycles. The number of fused-ring (bicyclic) bond motifs is 1. The topological polar surface area (TPSA) is 47.4 Å². The molecule has 5 rings (SSSR count). The zero-order chi connectivity index (χ0) is 21.9. The zero-order valence-corrected chi connectivity index (χ0v) is 18.4. The SMILES string of the molecule is O=C1CC(c2nc3ccccc3n2CCCOc2ccccc2)CN1c1ccc(Cl)cc1. The van der Waals surface area contributed by atoms with Crippen molar-refractivity contribution < 1.29 is 9.53 Å². The van der Waals surface area contributed by atoms with Crippen molar-refractivity contribution in [3.8, 4) is 5.75 Å². The maximum Gasteiger partial charge on any atom is 0.227 e. The molecule has 1 fully saturated rings. The highest BCUT2D eigenvalue weighted by atomic mass is 35.5. The summed E-state index contributed by atoms with van der Waals surface area (Å²) in [6.07, 6.45) is 1.30. The number of anilines is 1. The predicted molar refractivity (Wildman–Crippen MR) is 127 cm³/mol. The van der Waals surface area contributed by atoms with Gasteiger partial charge in [-0.1, -0.05) is 41.9 Å². The summed E-state index contributed by atoms with van der Waals surface area (Å²) in [5.74, 6) is 2.00. The number of hydrogen-bond donors (Lipinski definition) is 0. The van der Waals surface area contributed by atoms with Gasteiger partial charge in [0.1, 0.15) is 11.6 Å². The summed E-state index contributed by atoms with van der Waals surface area (Å²) in [4.78, 5) is 19.6. The largest absolute Gasteiger partial charge is 0.494 e. The van der Waals surface area contributed by atoms with Crippen LogP contribution in [0.1, 0.15) is 24.6 Å². The molecule has 0 bridgehead atoms. The van der Waals surface area contributed by atoms with Crippen molar-refractivity contribution in [2.24, 2.45) is 0 Å². The molecular formula is C26H24ClN3O2. The highest BCUT2D eigenvalue weighted by Crippen LogP contribution is 2.33. The Morgan fingerprint density at radius 2 is 1.72 bits per heavy atom. The lowest BCUT2D eigenvalue weighted by Crippen LogP contribution is -2.24. The van der Waals surface area contributed by atoms with Gasteiger partial charge < -0.3 is 14.2 Å². The van der Waals surface area contributed by atoms with E-state index >= 15 is 0 Å². The number of para-hydroxylation sites is 3. The fraction of sp³-hybridized carbons (Fsp3) is 0.231. The van der Waals surface area contributed by atoms with Crippen LogP contribution in [0.15, 0.2) is 78.9 Å². The zero-order valence-electron chi connectivity index (χ0n) is 17.7. The van der Waals surface area contributed by atoms with Crippen molar-refractivity contribution in [3.63, 3.8) is 0 Å². The number of amides is 1.